The Kier molecular flexibility index (Phi) is 13.9. The average molecular weight is 671 g/mol. The van der Waals surface area contributed by atoms with Crippen molar-refractivity contribution in [2.75, 3.05) is 44.3 Å². The summed E-state index contributed by atoms with van der Waals surface area (Å²) < 4.78 is 29.0. The number of esters is 2. The Labute approximate surface area is 279 Å². The maximum atomic E-state index is 15.1. The van der Waals surface area contributed by atoms with Crippen LogP contribution in [0, 0.1) is 22.9 Å². The molecule has 1 aliphatic rings. The molecule has 262 valence electrons. The zero-order valence-electron chi connectivity index (χ0n) is 28.0. The van der Waals surface area contributed by atoms with Gasteiger partial charge in [0.2, 0.25) is 5.43 Å². The molecule has 3 heterocycles. The van der Waals surface area contributed by atoms with Crippen molar-refractivity contribution < 1.29 is 28.4 Å². The molecule has 0 radical (unpaired) electrons. The number of rotatable bonds is 19. The molecule has 1 N–H and O–H groups in total. The number of carbonyl (C=O) groups excluding carboxylic acids is 2. The molecule has 1 aliphatic heterocycles. The molecule has 0 aliphatic carbocycles. The maximum absolute atomic E-state index is 15.1. The summed E-state index contributed by atoms with van der Waals surface area (Å²) in [6.07, 6.45) is 11.5. The van der Waals surface area contributed by atoms with E-state index in [2.05, 4.69) is 10.3 Å². The minimum atomic E-state index is -0.683. The van der Waals surface area contributed by atoms with Gasteiger partial charge in [-0.2, -0.15) is 0 Å². The number of nitrogens with one attached hydrogen (secondary N) is 1. The van der Waals surface area contributed by atoms with Gasteiger partial charge < -0.3 is 34.4 Å². The van der Waals surface area contributed by atoms with Gasteiger partial charge in [0.25, 0.3) is 0 Å². The van der Waals surface area contributed by atoms with Gasteiger partial charge in [-0.25, -0.2) is 18.7 Å². The van der Waals surface area contributed by atoms with Gasteiger partial charge in [0.15, 0.2) is 5.82 Å². The van der Waals surface area contributed by atoms with Crippen LogP contribution in [-0.2, 0) is 27.4 Å². The van der Waals surface area contributed by atoms with Crippen LogP contribution in [0.25, 0.3) is 10.9 Å². The van der Waals surface area contributed by atoms with Crippen LogP contribution in [0.5, 0.6) is 0 Å². The molecule has 3 aromatic rings. The third kappa shape index (κ3) is 9.85. The molecule has 0 spiro atoms. The lowest BCUT2D eigenvalue weighted by atomic mass is 10.1. The Morgan fingerprint density at radius 1 is 1.00 bits per heavy atom. The van der Waals surface area contributed by atoms with Gasteiger partial charge in [0, 0.05) is 57.7 Å². The van der Waals surface area contributed by atoms with Crippen molar-refractivity contribution in [1.29, 1.82) is 0 Å². The van der Waals surface area contributed by atoms with Crippen molar-refractivity contribution in [2.45, 2.75) is 91.1 Å². The first-order valence-electron chi connectivity index (χ1n) is 17.0. The van der Waals surface area contributed by atoms with E-state index in [1.54, 1.807) is 17.6 Å². The Morgan fingerprint density at radius 2 is 1.67 bits per heavy atom. The molecule has 0 atom stereocenters. The third-order valence-corrected chi connectivity index (χ3v) is 8.72. The number of ether oxygens (including phenoxy) is 2. The van der Waals surface area contributed by atoms with Crippen LogP contribution >= 0.6 is 0 Å². The van der Waals surface area contributed by atoms with Crippen molar-refractivity contribution in [3.8, 4) is 0 Å². The Morgan fingerprint density at radius 3 is 2.33 bits per heavy atom. The first-order valence-corrected chi connectivity index (χ1v) is 17.0. The first kappa shape index (κ1) is 36.5. The topological polar surface area (TPSA) is 151 Å². The lowest BCUT2D eigenvalue weighted by Crippen LogP contribution is -2.43. The number of aryl methyl sites for hydroxylation is 2. The van der Waals surface area contributed by atoms with E-state index in [0.29, 0.717) is 49.5 Å². The predicted octanol–water partition coefficient (Wildman–Crippen LogP) is 5.28. The quantitative estimate of drug-likeness (QED) is 0.0772. The summed E-state index contributed by atoms with van der Waals surface area (Å²) in [6.45, 7) is 7.46. The molecule has 1 saturated heterocycles. The summed E-state index contributed by atoms with van der Waals surface area (Å²) in [5, 5.41) is 14.5. The average Bonchev–Trinajstić information content (AvgIpc) is 3.45. The van der Waals surface area contributed by atoms with E-state index in [-0.39, 0.29) is 42.5 Å². The van der Waals surface area contributed by atoms with Crippen molar-refractivity contribution in [2.24, 2.45) is 0 Å². The summed E-state index contributed by atoms with van der Waals surface area (Å²) >= 11 is 0. The van der Waals surface area contributed by atoms with Crippen LogP contribution in [0.3, 0.4) is 0 Å². The normalized spacial score (nSPS) is 13.2. The van der Waals surface area contributed by atoms with E-state index >= 15 is 4.39 Å². The molecule has 14 heteroatoms. The molecule has 13 nitrogen and oxygen atoms in total. The number of nitrogens with zero attached hydrogens (tertiary/aromatic N) is 5. The third-order valence-electron chi connectivity index (χ3n) is 8.72. The van der Waals surface area contributed by atoms with E-state index in [1.807, 2.05) is 11.8 Å². The summed E-state index contributed by atoms with van der Waals surface area (Å²) in [4.78, 5) is 54.4. The van der Waals surface area contributed by atoms with Gasteiger partial charge in [0.05, 0.1) is 17.8 Å². The molecule has 48 heavy (non-hydrogen) atoms. The molecule has 0 unspecified atom stereocenters. The second-order valence-electron chi connectivity index (χ2n) is 12.1. The number of benzene rings is 1. The number of hydrogen-bond donors (Lipinski definition) is 1. The van der Waals surface area contributed by atoms with E-state index in [9.17, 15) is 24.5 Å². The highest BCUT2D eigenvalue weighted by molar-refractivity contribution is 5.94. The highest BCUT2D eigenvalue weighted by Crippen LogP contribution is 2.26. The minimum absolute atomic E-state index is 0.0670. The number of piperazine rings is 1. The SMILES string of the molecule is CCn1cc(C(=O)OCCCCCCCCCCCC(=O)OCCn2c([N+](=O)[O-])cnc2C)c(=O)c2cc(F)c(N3CCNCC3)cc21. The molecule has 0 bridgehead atoms. The number of anilines is 1. The number of carbonyl (C=O) groups is 2. The Hall–Kier alpha value is -4.33. The maximum Gasteiger partial charge on any atom is 0.343 e. The van der Waals surface area contributed by atoms with Gasteiger partial charge >= 0.3 is 17.8 Å². The molecule has 1 fully saturated rings. The Balaban J connectivity index is 1.07. The number of hydrogen-bond acceptors (Lipinski definition) is 10. The number of imidazole rings is 1. The number of halogens is 1. The molecular weight excluding hydrogens is 623 g/mol. The van der Waals surface area contributed by atoms with Crippen molar-refractivity contribution in [3.05, 3.63) is 62.1 Å². The summed E-state index contributed by atoms with van der Waals surface area (Å²) in [6, 6.07) is 2.95. The zero-order valence-corrected chi connectivity index (χ0v) is 28.0. The van der Waals surface area contributed by atoms with E-state index in [4.69, 9.17) is 9.47 Å². The monoisotopic (exact) mass is 670 g/mol. The highest BCUT2D eigenvalue weighted by Gasteiger charge is 2.21. The standard InChI is InChI=1S/C34H47FN6O7/c1-3-38-24-27(33(43)26-21-28(35)30(22-29(26)38)39-16-14-36-15-17-39)34(44)48-19-12-10-8-6-4-5-7-9-11-13-32(42)47-20-18-40-25(2)37-23-31(40)41(45)46/h21-24,36H,3-20H2,1-2H3. The van der Waals surface area contributed by atoms with Gasteiger partial charge in [-0.15, -0.1) is 0 Å². The van der Waals surface area contributed by atoms with Crippen molar-refractivity contribution in [3.63, 3.8) is 0 Å². The van der Waals surface area contributed by atoms with Crippen molar-refractivity contribution in [1.82, 2.24) is 19.4 Å². The number of fused-ring (bicyclic) bond motifs is 1. The van der Waals surface area contributed by atoms with Gasteiger partial charge in [-0.3, -0.25) is 9.59 Å². The summed E-state index contributed by atoms with van der Waals surface area (Å²) in [5.41, 5.74) is 0.463. The van der Waals surface area contributed by atoms with E-state index in [0.717, 1.165) is 64.5 Å². The first-order chi connectivity index (χ1) is 23.2. The molecule has 4 rings (SSSR count). The van der Waals surface area contributed by atoms with Crippen LogP contribution < -0.4 is 15.6 Å². The van der Waals surface area contributed by atoms with Crippen LogP contribution in [0.2, 0.25) is 0 Å². The number of unbranched alkanes of at least 4 members (excludes halogenated alkanes) is 8. The van der Waals surface area contributed by atoms with Crippen LogP contribution in [0.15, 0.2) is 29.3 Å². The van der Waals surface area contributed by atoms with Crippen molar-refractivity contribution >= 4 is 34.3 Å². The predicted molar refractivity (Wildman–Crippen MR) is 180 cm³/mol. The van der Waals surface area contributed by atoms with Gasteiger partial charge in [-0.05, 0) is 36.8 Å². The fourth-order valence-corrected chi connectivity index (χ4v) is 6.01. The highest BCUT2D eigenvalue weighted by atomic mass is 19.1. The largest absolute Gasteiger partial charge is 0.462 e. The van der Waals surface area contributed by atoms with Crippen LogP contribution in [-0.4, -0.2) is 70.4 Å². The zero-order chi connectivity index (χ0) is 34.5. The molecule has 0 saturated carbocycles. The van der Waals surface area contributed by atoms with E-state index < -0.39 is 22.1 Å². The molecular formula is C34H47FN6O7. The fourth-order valence-electron chi connectivity index (χ4n) is 6.01. The smallest absolute Gasteiger partial charge is 0.343 e. The summed E-state index contributed by atoms with van der Waals surface area (Å²) in [7, 11) is 0. The second kappa shape index (κ2) is 18.3. The van der Waals surface area contributed by atoms with Gasteiger partial charge in [-0.1, -0.05) is 44.9 Å². The lowest BCUT2D eigenvalue weighted by molar-refractivity contribution is -0.392. The molecule has 1 aromatic carbocycles. The van der Waals surface area contributed by atoms with Crippen LogP contribution in [0.1, 0.15) is 87.3 Å². The fraction of sp³-hybridized carbons (Fsp3) is 0.588. The lowest BCUT2D eigenvalue weighted by Gasteiger charge is -2.30. The van der Waals surface area contributed by atoms with Gasteiger partial charge in [0.1, 0.15) is 30.7 Å². The Bertz CT molecular complexity index is 1620. The molecule has 2 aromatic heterocycles. The van der Waals surface area contributed by atoms with Crippen LogP contribution in [0.4, 0.5) is 15.9 Å². The van der Waals surface area contributed by atoms with E-state index in [1.165, 1.54) is 23.0 Å². The number of nitro groups is 1. The molecule has 0 amide bonds. The summed E-state index contributed by atoms with van der Waals surface area (Å²) in [5.74, 6) is -1.08. The number of pyridine rings is 1. The number of aromatic nitrogens is 3. The second-order valence-corrected chi connectivity index (χ2v) is 12.1. The minimum Gasteiger partial charge on any atom is -0.462 e.